The first-order chi connectivity index (χ1) is 16.0. The van der Waals surface area contributed by atoms with Gasteiger partial charge >= 0.3 is 5.76 Å². The summed E-state index contributed by atoms with van der Waals surface area (Å²) in [6, 6.07) is 3.97. The quantitative estimate of drug-likeness (QED) is 0.455. The second-order valence-electron chi connectivity index (χ2n) is 7.68. The minimum atomic E-state index is -4.40. The molecule has 4 rings (SSSR count). The van der Waals surface area contributed by atoms with Crippen molar-refractivity contribution >= 4 is 43.3 Å². The number of hydrogen-bond acceptors (Lipinski definition) is 7. The Kier molecular flexibility index (Phi) is 6.69. The maximum atomic E-state index is 14.8. The Morgan fingerprint density at radius 1 is 1.26 bits per heavy atom. The predicted octanol–water partition coefficient (Wildman–Crippen LogP) is 4.01. The standard InChI is InChI=1S/C21H18BrClFN3O6S/c1-9-11(22)3-5-13(24)16(9)10(2)18(20-25-26-21(29)33-20)27-34(30,31)15-6-4-12(23)17-14(28)7-8-32-19(15)17/h3-6,10,18,27H,7-8H2,1-2H3,(H,26,29). The molecule has 34 heavy (non-hydrogen) atoms. The van der Waals surface area contributed by atoms with E-state index in [0.717, 1.165) is 0 Å². The van der Waals surface area contributed by atoms with Crippen molar-refractivity contribution in [3.63, 3.8) is 0 Å². The van der Waals surface area contributed by atoms with E-state index in [4.69, 9.17) is 20.8 Å². The molecule has 13 heteroatoms. The van der Waals surface area contributed by atoms with E-state index in [-0.39, 0.29) is 51.5 Å². The van der Waals surface area contributed by atoms with Gasteiger partial charge in [-0.25, -0.2) is 22.7 Å². The monoisotopic (exact) mass is 573 g/mol. The zero-order chi connectivity index (χ0) is 24.8. The Bertz CT molecular complexity index is 1460. The highest BCUT2D eigenvalue weighted by molar-refractivity contribution is 9.10. The molecule has 180 valence electrons. The number of carbonyl (C=O) groups excluding carboxylic acids is 1. The molecule has 2 heterocycles. The van der Waals surface area contributed by atoms with E-state index in [1.807, 2.05) is 0 Å². The van der Waals surface area contributed by atoms with E-state index in [2.05, 4.69) is 30.8 Å². The second kappa shape index (κ2) is 9.25. The van der Waals surface area contributed by atoms with Gasteiger partial charge in [-0.05, 0) is 42.3 Å². The van der Waals surface area contributed by atoms with Gasteiger partial charge in [0, 0.05) is 16.8 Å². The largest absolute Gasteiger partial charge is 0.491 e. The van der Waals surface area contributed by atoms with Crippen LogP contribution in [0.5, 0.6) is 5.75 Å². The Balaban J connectivity index is 1.83. The van der Waals surface area contributed by atoms with Crippen molar-refractivity contribution in [1.29, 1.82) is 0 Å². The van der Waals surface area contributed by atoms with Crippen molar-refractivity contribution in [2.75, 3.05) is 6.61 Å². The molecule has 0 bridgehead atoms. The van der Waals surface area contributed by atoms with Gasteiger partial charge in [-0.2, -0.15) is 4.72 Å². The van der Waals surface area contributed by atoms with Crippen LogP contribution >= 0.6 is 27.5 Å². The lowest BCUT2D eigenvalue weighted by atomic mass is 9.90. The lowest BCUT2D eigenvalue weighted by molar-refractivity contribution is 0.0931. The molecule has 1 aliphatic heterocycles. The maximum Gasteiger partial charge on any atom is 0.434 e. The van der Waals surface area contributed by atoms with Crippen molar-refractivity contribution in [2.24, 2.45) is 0 Å². The molecule has 1 aromatic heterocycles. The van der Waals surface area contributed by atoms with Crippen LogP contribution < -0.4 is 15.2 Å². The summed E-state index contributed by atoms with van der Waals surface area (Å²) in [4.78, 5) is 23.6. The SMILES string of the molecule is Cc1c(Br)ccc(F)c1C(C)C(NS(=O)(=O)c1ccc(Cl)c2c1OCCC2=O)c1n[nH]c(=O)o1. The summed E-state index contributed by atoms with van der Waals surface area (Å²) in [5, 5.41) is 5.92. The van der Waals surface area contributed by atoms with Crippen LogP contribution in [0.2, 0.25) is 5.02 Å². The summed E-state index contributed by atoms with van der Waals surface area (Å²) in [6.45, 7) is 3.22. The van der Waals surface area contributed by atoms with Gasteiger partial charge in [-0.3, -0.25) is 4.79 Å². The average molecular weight is 575 g/mol. The van der Waals surface area contributed by atoms with Crippen LogP contribution in [0, 0.1) is 12.7 Å². The van der Waals surface area contributed by atoms with Crippen LogP contribution in [0.25, 0.3) is 0 Å². The number of carbonyl (C=O) groups is 1. The van der Waals surface area contributed by atoms with Gasteiger partial charge in [0.1, 0.15) is 16.8 Å². The number of Topliss-reactive ketones (excluding diaryl/α,β-unsaturated/α-hetero) is 1. The molecule has 2 unspecified atom stereocenters. The maximum absolute atomic E-state index is 14.8. The molecule has 3 aromatic rings. The molecule has 2 N–H and O–H groups in total. The van der Waals surface area contributed by atoms with Gasteiger partial charge in [0.25, 0.3) is 0 Å². The van der Waals surface area contributed by atoms with Gasteiger partial charge in [-0.1, -0.05) is 34.5 Å². The number of nitrogens with zero attached hydrogens (tertiary/aromatic N) is 1. The fourth-order valence-corrected chi connectivity index (χ4v) is 5.91. The van der Waals surface area contributed by atoms with Gasteiger partial charge in [0.05, 0.1) is 17.2 Å². The topological polar surface area (TPSA) is 131 Å². The number of aromatic amines is 1. The van der Waals surface area contributed by atoms with Gasteiger partial charge < -0.3 is 9.15 Å². The van der Waals surface area contributed by atoms with Gasteiger partial charge in [0.15, 0.2) is 11.5 Å². The Labute approximate surface area is 206 Å². The second-order valence-corrected chi connectivity index (χ2v) is 10.6. The zero-order valence-corrected chi connectivity index (χ0v) is 21.0. The van der Waals surface area contributed by atoms with Crippen molar-refractivity contribution in [3.8, 4) is 5.75 Å². The summed E-state index contributed by atoms with van der Waals surface area (Å²) in [7, 11) is -4.40. The third-order valence-corrected chi connectivity index (χ3v) is 8.21. The molecule has 0 fully saturated rings. The van der Waals surface area contributed by atoms with E-state index in [0.29, 0.717) is 10.0 Å². The Morgan fingerprint density at radius 2 is 2.00 bits per heavy atom. The number of H-pyrrole nitrogens is 1. The lowest BCUT2D eigenvalue weighted by Gasteiger charge is -2.26. The zero-order valence-electron chi connectivity index (χ0n) is 17.8. The molecular formula is C21H18BrClFN3O6S. The predicted molar refractivity (Wildman–Crippen MR) is 123 cm³/mol. The number of benzene rings is 2. The number of rotatable bonds is 6. The number of ketones is 1. The van der Waals surface area contributed by atoms with Gasteiger partial charge in [-0.15, -0.1) is 5.10 Å². The molecule has 2 aromatic carbocycles. The summed E-state index contributed by atoms with van der Waals surface area (Å²) in [6.07, 6.45) is 0.0587. The van der Waals surface area contributed by atoms with Crippen molar-refractivity contribution in [1.82, 2.24) is 14.9 Å². The number of hydrogen-bond donors (Lipinski definition) is 2. The third kappa shape index (κ3) is 4.42. The number of aromatic nitrogens is 2. The summed E-state index contributed by atoms with van der Waals surface area (Å²) in [5.41, 5.74) is 0.699. The molecule has 0 saturated carbocycles. The van der Waals surface area contributed by atoms with Crippen LogP contribution in [0.4, 0.5) is 4.39 Å². The van der Waals surface area contributed by atoms with Crippen LogP contribution in [0.3, 0.4) is 0 Å². The molecule has 9 nitrogen and oxygen atoms in total. The molecule has 1 aliphatic rings. The van der Waals surface area contributed by atoms with E-state index in [9.17, 15) is 22.4 Å². The first kappa shape index (κ1) is 24.6. The molecular weight excluding hydrogens is 557 g/mol. The normalized spacial score (nSPS) is 15.5. The first-order valence-corrected chi connectivity index (χ1v) is 12.7. The van der Waals surface area contributed by atoms with E-state index in [1.54, 1.807) is 13.8 Å². The number of nitrogens with one attached hydrogen (secondary N) is 2. The molecule has 0 saturated heterocycles. The highest BCUT2D eigenvalue weighted by Gasteiger charge is 2.36. The number of sulfonamides is 1. The molecule has 0 aliphatic carbocycles. The molecule has 0 amide bonds. The van der Waals surface area contributed by atoms with Crippen molar-refractivity contribution in [2.45, 2.75) is 37.1 Å². The van der Waals surface area contributed by atoms with E-state index < -0.39 is 33.6 Å². The summed E-state index contributed by atoms with van der Waals surface area (Å²) >= 11 is 9.47. The van der Waals surface area contributed by atoms with Crippen LogP contribution in [-0.2, 0) is 10.0 Å². The van der Waals surface area contributed by atoms with Gasteiger partial charge in [0.2, 0.25) is 15.9 Å². The fraction of sp³-hybridized carbons (Fsp3) is 0.286. The van der Waals surface area contributed by atoms with E-state index >= 15 is 0 Å². The first-order valence-electron chi connectivity index (χ1n) is 10.0. The van der Waals surface area contributed by atoms with Crippen molar-refractivity contribution < 1.29 is 26.8 Å². The van der Waals surface area contributed by atoms with Crippen molar-refractivity contribution in [3.05, 3.63) is 72.7 Å². The number of halogens is 3. The van der Waals surface area contributed by atoms with Crippen LogP contribution in [-0.4, -0.2) is 31.0 Å². The van der Waals surface area contributed by atoms with Crippen LogP contribution in [0.1, 0.15) is 52.7 Å². The molecule has 0 radical (unpaired) electrons. The number of ether oxygens (including phenoxy) is 1. The third-order valence-electron chi connectivity index (χ3n) is 5.57. The summed E-state index contributed by atoms with van der Waals surface area (Å²) in [5.74, 6) is -3.16. The molecule has 2 atom stereocenters. The van der Waals surface area contributed by atoms with Crippen LogP contribution in [0.15, 0.2) is 42.8 Å². The lowest BCUT2D eigenvalue weighted by Crippen LogP contribution is -2.33. The highest BCUT2D eigenvalue weighted by Crippen LogP contribution is 2.40. The minimum absolute atomic E-state index is 0.00871. The smallest absolute Gasteiger partial charge is 0.434 e. The molecule has 0 spiro atoms. The minimum Gasteiger partial charge on any atom is -0.491 e. The summed E-state index contributed by atoms with van der Waals surface area (Å²) < 4.78 is 55.4. The number of fused-ring (bicyclic) bond motifs is 1. The average Bonchev–Trinajstić information content (AvgIpc) is 3.21. The Morgan fingerprint density at radius 3 is 2.68 bits per heavy atom. The fourth-order valence-electron chi connectivity index (χ4n) is 3.89. The van der Waals surface area contributed by atoms with E-state index in [1.165, 1.54) is 24.3 Å². The highest BCUT2D eigenvalue weighted by atomic mass is 79.9. The Hall–Kier alpha value is -2.54.